The van der Waals surface area contributed by atoms with Gasteiger partial charge in [0.05, 0.1) is 17.2 Å². The lowest BCUT2D eigenvalue weighted by Crippen LogP contribution is -2.34. The summed E-state index contributed by atoms with van der Waals surface area (Å²) in [6.07, 6.45) is 3.15. The maximum absolute atomic E-state index is 12.9. The minimum absolute atomic E-state index is 0. The number of methoxy groups -OCH3 is 1. The number of carbonyl (C=O) groups is 1. The minimum atomic E-state index is -0.920. The number of benzene rings is 1. The summed E-state index contributed by atoms with van der Waals surface area (Å²) in [4.78, 5) is 37.4. The smallest absolute Gasteiger partial charge is 0.322 e. The Hall–Kier alpha value is -2.58. The number of carbonyl (C=O) groups excluding carboxylic acids is 1. The third-order valence-corrected chi connectivity index (χ3v) is 5.37. The number of esters is 1. The van der Waals surface area contributed by atoms with Gasteiger partial charge in [0.25, 0.3) is 11.1 Å². The minimum Gasteiger partial charge on any atom is -0.468 e. The van der Waals surface area contributed by atoms with Crippen molar-refractivity contribution < 1.29 is 9.53 Å². The van der Waals surface area contributed by atoms with Gasteiger partial charge in [-0.2, -0.15) is 0 Å². The molecule has 1 aromatic carbocycles. The number of rotatable bonds is 5. The summed E-state index contributed by atoms with van der Waals surface area (Å²) in [6, 6.07) is 7.36. The largest absolute Gasteiger partial charge is 0.468 e. The Morgan fingerprint density at radius 3 is 2.06 bits per heavy atom. The van der Waals surface area contributed by atoms with Crippen molar-refractivity contribution in [3.05, 3.63) is 79.0 Å². The Labute approximate surface area is 200 Å². The van der Waals surface area contributed by atoms with E-state index in [1.807, 2.05) is 0 Å². The topological polar surface area (TPSA) is 96.3 Å². The fourth-order valence-electron chi connectivity index (χ4n) is 3.39. The van der Waals surface area contributed by atoms with Crippen LogP contribution >= 0.6 is 35.6 Å². The highest BCUT2D eigenvalue weighted by Crippen LogP contribution is 2.30. The number of pyridine rings is 2. The van der Waals surface area contributed by atoms with E-state index in [1.165, 1.54) is 28.6 Å². The summed E-state index contributed by atoms with van der Waals surface area (Å²) in [6.45, 7) is 0. The summed E-state index contributed by atoms with van der Waals surface area (Å²) >= 11 is 12.3. The molecule has 0 saturated carbocycles. The van der Waals surface area contributed by atoms with Crippen LogP contribution in [0.3, 0.4) is 0 Å². The van der Waals surface area contributed by atoms with Crippen molar-refractivity contribution in [2.45, 2.75) is 12.5 Å². The Kier molecular flexibility index (Phi) is 8.31. The molecule has 0 spiro atoms. The molecule has 7 nitrogen and oxygen atoms in total. The highest BCUT2D eigenvalue weighted by molar-refractivity contribution is 6.31. The molecule has 3 rings (SSSR count). The average molecular weight is 499 g/mol. The average Bonchev–Trinajstić information content (AvgIpc) is 2.73. The Morgan fingerprint density at radius 1 is 0.969 bits per heavy atom. The molecular weight excluding hydrogens is 477 g/mol. The zero-order valence-corrected chi connectivity index (χ0v) is 19.9. The summed E-state index contributed by atoms with van der Waals surface area (Å²) in [5.41, 5.74) is 7.85. The van der Waals surface area contributed by atoms with Crippen LogP contribution in [0.2, 0.25) is 10.0 Å². The first-order valence-corrected chi connectivity index (χ1v) is 10.1. The van der Waals surface area contributed by atoms with Crippen molar-refractivity contribution >= 4 is 41.6 Å². The predicted molar refractivity (Wildman–Crippen MR) is 129 cm³/mol. The van der Waals surface area contributed by atoms with E-state index >= 15 is 0 Å². The maximum Gasteiger partial charge on any atom is 0.322 e. The Balaban J connectivity index is 0.00000363. The molecule has 10 heteroatoms. The van der Waals surface area contributed by atoms with Gasteiger partial charge in [-0.15, -0.1) is 12.4 Å². The number of ether oxygens (including phenoxy) is 1. The van der Waals surface area contributed by atoms with Gasteiger partial charge < -0.3 is 19.6 Å². The zero-order valence-electron chi connectivity index (χ0n) is 17.6. The summed E-state index contributed by atoms with van der Waals surface area (Å²) < 4.78 is 7.47. The molecular formula is C22H22Cl3N3O4. The Morgan fingerprint density at radius 2 is 1.50 bits per heavy atom. The lowest BCUT2D eigenvalue weighted by Gasteiger charge is -2.16. The number of nitrogens with zero attached hydrogens (tertiary/aromatic N) is 2. The molecule has 0 aliphatic carbocycles. The third kappa shape index (κ3) is 5.24. The first-order valence-electron chi connectivity index (χ1n) is 9.31. The van der Waals surface area contributed by atoms with Crippen LogP contribution in [0.5, 0.6) is 0 Å². The molecule has 0 aliphatic heterocycles. The van der Waals surface area contributed by atoms with Gasteiger partial charge in [0.2, 0.25) is 0 Å². The van der Waals surface area contributed by atoms with Crippen molar-refractivity contribution in [3.63, 3.8) is 0 Å². The van der Waals surface area contributed by atoms with Gasteiger partial charge in [-0.1, -0.05) is 35.3 Å². The number of aryl methyl sites for hydroxylation is 2. The van der Waals surface area contributed by atoms with Crippen LogP contribution in [0.4, 0.5) is 0 Å². The lowest BCUT2D eigenvalue weighted by atomic mass is 9.92. The van der Waals surface area contributed by atoms with Gasteiger partial charge in [-0.25, -0.2) is 0 Å². The molecule has 0 saturated heterocycles. The molecule has 0 bridgehead atoms. The first kappa shape index (κ1) is 25.7. The molecule has 0 fully saturated rings. The molecule has 32 heavy (non-hydrogen) atoms. The second-order valence-electron chi connectivity index (χ2n) is 7.18. The molecule has 3 aromatic rings. The van der Waals surface area contributed by atoms with Crippen LogP contribution in [-0.4, -0.2) is 28.3 Å². The van der Waals surface area contributed by atoms with Crippen molar-refractivity contribution in [1.82, 2.24) is 9.13 Å². The molecule has 0 aliphatic rings. The molecule has 1 atom stereocenters. The van der Waals surface area contributed by atoms with Gasteiger partial charge in [-0.3, -0.25) is 14.4 Å². The van der Waals surface area contributed by atoms with E-state index in [-0.39, 0.29) is 29.9 Å². The third-order valence-electron chi connectivity index (χ3n) is 4.95. The number of nitrogens with two attached hydrogens (primary N) is 1. The second kappa shape index (κ2) is 10.4. The van der Waals surface area contributed by atoms with Crippen LogP contribution < -0.4 is 16.9 Å². The molecule has 170 valence electrons. The zero-order chi connectivity index (χ0) is 22.9. The van der Waals surface area contributed by atoms with Crippen LogP contribution in [0.1, 0.15) is 5.56 Å². The maximum atomic E-state index is 12.9. The fraction of sp³-hybridized carbons (Fsp3) is 0.227. The molecule has 2 aromatic heterocycles. The number of halogens is 3. The normalized spacial score (nSPS) is 11.6. The van der Waals surface area contributed by atoms with E-state index < -0.39 is 12.0 Å². The molecule has 0 radical (unpaired) electrons. The van der Waals surface area contributed by atoms with Gasteiger partial charge in [0.15, 0.2) is 0 Å². The molecule has 2 N–H and O–H groups in total. The van der Waals surface area contributed by atoms with E-state index in [0.29, 0.717) is 37.9 Å². The van der Waals surface area contributed by atoms with Gasteiger partial charge >= 0.3 is 5.97 Å². The monoisotopic (exact) mass is 497 g/mol. The van der Waals surface area contributed by atoms with Crippen LogP contribution in [0.15, 0.2) is 52.3 Å². The number of aromatic nitrogens is 2. The lowest BCUT2D eigenvalue weighted by molar-refractivity contribution is -0.142. The van der Waals surface area contributed by atoms with Crippen molar-refractivity contribution in [1.29, 1.82) is 0 Å². The molecule has 2 heterocycles. The fourth-order valence-corrected chi connectivity index (χ4v) is 3.90. The molecule has 0 amide bonds. The van der Waals surface area contributed by atoms with Crippen molar-refractivity contribution in [2.24, 2.45) is 19.8 Å². The number of hydrogen-bond donors (Lipinski definition) is 1. The van der Waals surface area contributed by atoms with E-state index in [9.17, 15) is 14.4 Å². The SMILES string of the molecule is COC(=O)[C@@H](N)Cc1ccc(-c2cc(Cl)cn(C)c2=O)cc1-c1cc(Cl)cn(C)c1=O.Cl. The summed E-state index contributed by atoms with van der Waals surface area (Å²) in [5.74, 6) is -0.572. The van der Waals surface area contributed by atoms with Crippen LogP contribution in [0.25, 0.3) is 22.3 Å². The highest BCUT2D eigenvalue weighted by atomic mass is 35.5. The van der Waals surface area contributed by atoms with Crippen LogP contribution in [0, 0.1) is 0 Å². The van der Waals surface area contributed by atoms with E-state index in [1.54, 1.807) is 44.4 Å². The summed E-state index contributed by atoms with van der Waals surface area (Å²) in [7, 11) is 4.46. The van der Waals surface area contributed by atoms with Crippen LogP contribution in [-0.2, 0) is 30.0 Å². The second-order valence-corrected chi connectivity index (χ2v) is 8.05. The first-order chi connectivity index (χ1) is 14.6. The van der Waals surface area contributed by atoms with Crippen molar-refractivity contribution in [3.8, 4) is 22.3 Å². The summed E-state index contributed by atoms with van der Waals surface area (Å²) in [5, 5.41) is 0.762. The predicted octanol–water partition coefficient (Wildman–Crippen LogP) is 3.19. The Bertz CT molecular complexity index is 1280. The van der Waals surface area contributed by atoms with Gasteiger partial charge in [-0.05, 0) is 41.3 Å². The quantitative estimate of drug-likeness (QED) is 0.545. The van der Waals surface area contributed by atoms with Gasteiger partial charge in [0.1, 0.15) is 6.04 Å². The van der Waals surface area contributed by atoms with E-state index in [4.69, 9.17) is 33.7 Å². The number of hydrogen-bond acceptors (Lipinski definition) is 5. The molecule has 0 unspecified atom stereocenters. The standard InChI is InChI=1S/C22H21Cl2N3O4.ClH/c1-26-10-14(23)8-17(20(26)28)12-4-5-13(7-19(25)22(30)31-3)16(6-12)18-9-15(24)11-27(2)21(18)29;/h4-6,8-11,19H,7,25H2,1-3H3;1H/t19-;/m0./s1. The highest BCUT2D eigenvalue weighted by Gasteiger charge is 2.20. The van der Waals surface area contributed by atoms with Crippen molar-refractivity contribution in [2.75, 3.05) is 7.11 Å². The van der Waals surface area contributed by atoms with Gasteiger partial charge in [0, 0.05) is 37.6 Å². The van der Waals surface area contributed by atoms with E-state index in [0.717, 1.165) is 0 Å². The van der Waals surface area contributed by atoms with E-state index in [2.05, 4.69) is 0 Å².